The van der Waals surface area contributed by atoms with Crippen LogP contribution in [0.1, 0.15) is 16.8 Å². The van der Waals surface area contributed by atoms with Gasteiger partial charge < -0.3 is 14.6 Å². The zero-order chi connectivity index (χ0) is 13.7. The summed E-state index contributed by atoms with van der Waals surface area (Å²) in [5, 5.41) is 3.84. The quantitative estimate of drug-likeness (QED) is 0.918. The van der Waals surface area contributed by atoms with Crippen molar-refractivity contribution < 1.29 is 4.79 Å². The third-order valence-electron chi connectivity index (χ3n) is 4.52. The van der Waals surface area contributed by atoms with Crippen LogP contribution in [0.5, 0.6) is 0 Å². The van der Waals surface area contributed by atoms with Crippen molar-refractivity contribution >= 4 is 23.0 Å². The molecule has 2 aromatic heterocycles. The molecule has 0 spiro atoms. The van der Waals surface area contributed by atoms with E-state index in [0.717, 1.165) is 18.6 Å². The molecule has 2 unspecified atom stereocenters. The molecule has 2 aliphatic rings. The molecule has 104 valence electrons. The van der Waals surface area contributed by atoms with E-state index in [2.05, 4.69) is 10.2 Å². The highest BCUT2D eigenvalue weighted by atomic mass is 35.5. The SMILES string of the molecule is O=C(NC1CN2CC[C@H]1C2)c1ccn2c(Cl)ccc2c1. The fourth-order valence-corrected chi connectivity index (χ4v) is 3.63. The first-order valence-corrected chi connectivity index (χ1v) is 7.38. The second-order valence-electron chi connectivity index (χ2n) is 5.75. The molecule has 2 aromatic rings. The van der Waals surface area contributed by atoms with E-state index in [1.807, 2.05) is 34.9 Å². The number of nitrogens with one attached hydrogen (secondary N) is 1. The highest BCUT2D eigenvalue weighted by Gasteiger charge is 2.38. The Hall–Kier alpha value is -1.52. The van der Waals surface area contributed by atoms with E-state index < -0.39 is 0 Å². The number of aromatic nitrogens is 1. The number of piperidine rings is 1. The number of carbonyl (C=O) groups is 1. The summed E-state index contributed by atoms with van der Waals surface area (Å²) in [6.45, 7) is 3.32. The van der Waals surface area contributed by atoms with E-state index in [0.29, 0.717) is 22.7 Å². The standard InChI is InChI=1S/C15H16ClN3O/c16-14-2-1-12-7-10(4-6-19(12)14)15(20)17-13-9-18-5-3-11(13)8-18/h1-2,4,6-7,11,13H,3,5,8-9H2,(H,17,20)/t11-,13?/m0/s1. The second-order valence-corrected chi connectivity index (χ2v) is 6.14. The van der Waals surface area contributed by atoms with E-state index in [-0.39, 0.29) is 5.91 Å². The molecule has 4 nitrogen and oxygen atoms in total. The summed E-state index contributed by atoms with van der Waals surface area (Å²) in [5.74, 6) is 0.647. The van der Waals surface area contributed by atoms with Crippen LogP contribution in [0.3, 0.4) is 0 Å². The Labute approximate surface area is 122 Å². The number of halogens is 1. The van der Waals surface area contributed by atoms with Gasteiger partial charge in [0.05, 0.1) is 0 Å². The van der Waals surface area contributed by atoms with Crippen molar-refractivity contribution in [2.24, 2.45) is 5.92 Å². The van der Waals surface area contributed by atoms with Crippen molar-refractivity contribution in [1.29, 1.82) is 0 Å². The minimum Gasteiger partial charge on any atom is -0.348 e. The Morgan fingerprint density at radius 1 is 1.30 bits per heavy atom. The van der Waals surface area contributed by atoms with Crippen molar-refractivity contribution in [3.8, 4) is 0 Å². The largest absolute Gasteiger partial charge is 0.348 e. The van der Waals surface area contributed by atoms with Crippen LogP contribution in [-0.2, 0) is 0 Å². The highest BCUT2D eigenvalue weighted by Crippen LogP contribution is 2.28. The molecule has 3 atom stereocenters. The van der Waals surface area contributed by atoms with Gasteiger partial charge in [-0.15, -0.1) is 0 Å². The van der Waals surface area contributed by atoms with Gasteiger partial charge in [0.15, 0.2) is 0 Å². The number of pyridine rings is 1. The topological polar surface area (TPSA) is 36.8 Å². The van der Waals surface area contributed by atoms with Gasteiger partial charge in [-0.3, -0.25) is 4.79 Å². The maximum absolute atomic E-state index is 12.4. The van der Waals surface area contributed by atoms with E-state index in [9.17, 15) is 4.79 Å². The van der Waals surface area contributed by atoms with Crippen LogP contribution in [0.25, 0.3) is 5.52 Å². The fraction of sp³-hybridized carbons (Fsp3) is 0.400. The Balaban J connectivity index is 1.54. The Morgan fingerprint density at radius 2 is 2.20 bits per heavy atom. The summed E-state index contributed by atoms with van der Waals surface area (Å²) < 4.78 is 1.86. The first-order valence-electron chi connectivity index (χ1n) is 7.00. The van der Waals surface area contributed by atoms with Gasteiger partial charge in [-0.05, 0) is 43.1 Å². The van der Waals surface area contributed by atoms with E-state index in [1.165, 1.54) is 13.0 Å². The first kappa shape index (κ1) is 12.2. The third kappa shape index (κ3) is 1.91. The van der Waals surface area contributed by atoms with Crippen LogP contribution >= 0.6 is 11.6 Å². The lowest BCUT2D eigenvalue weighted by atomic mass is 10.00. The second kappa shape index (κ2) is 4.50. The van der Waals surface area contributed by atoms with Gasteiger partial charge in [0.25, 0.3) is 5.91 Å². The molecule has 20 heavy (non-hydrogen) atoms. The fourth-order valence-electron chi connectivity index (χ4n) is 3.42. The lowest BCUT2D eigenvalue weighted by molar-refractivity contribution is 0.0924. The van der Waals surface area contributed by atoms with Gasteiger partial charge in [-0.1, -0.05) is 11.6 Å². The molecule has 5 heteroatoms. The molecule has 4 heterocycles. The molecule has 2 saturated heterocycles. The molecule has 2 fully saturated rings. The van der Waals surface area contributed by atoms with Crippen LogP contribution in [0.2, 0.25) is 5.15 Å². The van der Waals surface area contributed by atoms with Gasteiger partial charge in [0.2, 0.25) is 0 Å². The van der Waals surface area contributed by atoms with Crippen LogP contribution in [0.15, 0.2) is 30.5 Å². The normalized spacial score (nSPS) is 28.1. The molecule has 1 N–H and O–H groups in total. The Kier molecular flexibility index (Phi) is 2.75. The van der Waals surface area contributed by atoms with Gasteiger partial charge in [0, 0.05) is 36.4 Å². The first-order chi connectivity index (χ1) is 9.70. The third-order valence-corrected chi connectivity index (χ3v) is 4.83. The average Bonchev–Trinajstić information content (AvgIpc) is 3.14. The lowest BCUT2D eigenvalue weighted by Gasteiger charge is -2.23. The molecular formula is C15H16ClN3O. The van der Waals surface area contributed by atoms with Crippen LogP contribution in [0, 0.1) is 5.92 Å². The minimum atomic E-state index is 0.0172. The number of fused-ring (bicyclic) bond motifs is 3. The van der Waals surface area contributed by atoms with Crippen molar-refractivity contribution in [1.82, 2.24) is 14.6 Å². The van der Waals surface area contributed by atoms with Crippen molar-refractivity contribution in [2.75, 3.05) is 19.6 Å². The molecular weight excluding hydrogens is 274 g/mol. The predicted octanol–water partition coefficient (Wildman–Crippen LogP) is 2.03. The van der Waals surface area contributed by atoms with Crippen molar-refractivity contribution in [3.05, 3.63) is 41.2 Å². The number of hydrogen-bond acceptors (Lipinski definition) is 2. The summed E-state index contributed by atoms with van der Waals surface area (Å²) in [7, 11) is 0. The summed E-state index contributed by atoms with van der Waals surface area (Å²) in [4.78, 5) is 14.8. The molecule has 0 aromatic carbocycles. The predicted molar refractivity (Wildman–Crippen MR) is 78.2 cm³/mol. The minimum absolute atomic E-state index is 0.0172. The summed E-state index contributed by atoms with van der Waals surface area (Å²) >= 11 is 6.04. The molecule has 0 aliphatic carbocycles. The summed E-state index contributed by atoms with van der Waals surface area (Å²) in [6.07, 6.45) is 3.05. The van der Waals surface area contributed by atoms with E-state index >= 15 is 0 Å². The van der Waals surface area contributed by atoms with E-state index in [1.54, 1.807) is 0 Å². The smallest absolute Gasteiger partial charge is 0.251 e. The number of nitrogens with zero attached hydrogens (tertiary/aromatic N) is 2. The number of carbonyl (C=O) groups excluding carboxylic acids is 1. The molecule has 2 bridgehead atoms. The van der Waals surface area contributed by atoms with Crippen LogP contribution < -0.4 is 5.32 Å². The zero-order valence-corrected chi connectivity index (χ0v) is 11.8. The molecule has 1 amide bonds. The maximum atomic E-state index is 12.4. The number of hydrogen-bond donors (Lipinski definition) is 1. The number of amides is 1. The summed E-state index contributed by atoms with van der Waals surface area (Å²) in [6, 6.07) is 7.77. The Bertz CT molecular complexity index is 681. The molecule has 2 aliphatic heterocycles. The van der Waals surface area contributed by atoms with Gasteiger partial charge in [-0.2, -0.15) is 0 Å². The lowest BCUT2D eigenvalue weighted by Crippen LogP contribution is -2.43. The monoisotopic (exact) mass is 289 g/mol. The Morgan fingerprint density at radius 3 is 2.95 bits per heavy atom. The van der Waals surface area contributed by atoms with Gasteiger partial charge in [-0.25, -0.2) is 0 Å². The molecule has 0 radical (unpaired) electrons. The summed E-state index contributed by atoms with van der Waals surface area (Å²) in [5.41, 5.74) is 1.64. The van der Waals surface area contributed by atoms with Gasteiger partial charge in [0.1, 0.15) is 5.15 Å². The van der Waals surface area contributed by atoms with Gasteiger partial charge >= 0.3 is 0 Å². The van der Waals surface area contributed by atoms with Crippen LogP contribution in [0.4, 0.5) is 0 Å². The van der Waals surface area contributed by atoms with Crippen molar-refractivity contribution in [3.63, 3.8) is 0 Å². The zero-order valence-electron chi connectivity index (χ0n) is 11.1. The maximum Gasteiger partial charge on any atom is 0.251 e. The highest BCUT2D eigenvalue weighted by molar-refractivity contribution is 6.30. The molecule has 0 saturated carbocycles. The van der Waals surface area contributed by atoms with E-state index in [4.69, 9.17) is 11.6 Å². The van der Waals surface area contributed by atoms with Crippen molar-refractivity contribution in [2.45, 2.75) is 12.5 Å². The molecule has 4 rings (SSSR count). The average molecular weight is 290 g/mol. The number of rotatable bonds is 2. The van der Waals surface area contributed by atoms with Crippen LogP contribution in [-0.4, -0.2) is 40.9 Å².